The van der Waals surface area contributed by atoms with Gasteiger partial charge in [-0.15, -0.1) is 0 Å². The molecule has 0 amide bonds. The van der Waals surface area contributed by atoms with Gasteiger partial charge in [-0.05, 0) is 66.2 Å². The number of nitrogens with zero attached hydrogens (tertiary/aromatic N) is 2. The Labute approximate surface area is 279 Å². The van der Waals surface area contributed by atoms with Crippen molar-refractivity contribution in [2.75, 3.05) is 27.4 Å². The molecule has 1 fully saturated rings. The molecular formula is C33H36N2O8PS2-. The zero-order valence-corrected chi connectivity index (χ0v) is 28.5. The van der Waals surface area contributed by atoms with Gasteiger partial charge in [-0.2, -0.15) is 0 Å². The zero-order valence-electron chi connectivity index (χ0n) is 25.9. The number of aryl methyl sites for hydroxylation is 1. The summed E-state index contributed by atoms with van der Waals surface area (Å²) in [7, 11) is 3.23. The van der Waals surface area contributed by atoms with Crippen molar-refractivity contribution >= 4 is 30.6 Å². The number of rotatable bonds is 13. The molecule has 3 aromatic carbocycles. The van der Waals surface area contributed by atoms with Crippen molar-refractivity contribution in [3.63, 3.8) is 0 Å². The Morgan fingerprint density at radius 1 is 1.00 bits per heavy atom. The van der Waals surface area contributed by atoms with Crippen molar-refractivity contribution in [2.45, 2.75) is 44.3 Å². The average Bonchev–Trinajstić information content (AvgIpc) is 3.45. The van der Waals surface area contributed by atoms with Gasteiger partial charge >= 0.3 is 5.69 Å². The highest BCUT2D eigenvalue weighted by molar-refractivity contribution is 8.76. The normalized spacial score (nSPS) is 19.5. The van der Waals surface area contributed by atoms with Crippen LogP contribution in [-0.2, 0) is 36.4 Å². The van der Waals surface area contributed by atoms with E-state index in [0.29, 0.717) is 23.7 Å². The van der Waals surface area contributed by atoms with Crippen LogP contribution in [0.5, 0.6) is 17.4 Å². The summed E-state index contributed by atoms with van der Waals surface area (Å²) in [6.45, 7) is 3.74. The molecular weight excluding hydrogens is 647 g/mol. The molecule has 1 aliphatic heterocycles. The number of methoxy groups -OCH3 is 2. The second-order valence-corrected chi connectivity index (χ2v) is 15.9. The van der Waals surface area contributed by atoms with E-state index in [1.54, 1.807) is 21.1 Å². The van der Waals surface area contributed by atoms with Gasteiger partial charge in [-0.1, -0.05) is 54.6 Å². The van der Waals surface area contributed by atoms with Gasteiger partial charge in [0.25, 0.3) is 0 Å². The minimum Gasteiger partial charge on any atom is -0.858 e. The summed E-state index contributed by atoms with van der Waals surface area (Å²) < 4.78 is 37.6. The Morgan fingerprint density at radius 3 is 2.11 bits per heavy atom. The van der Waals surface area contributed by atoms with E-state index in [-0.39, 0.29) is 13.0 Å². The summed E-state index contributed by atoms with van der Waals surface area (Å²) in [5, 5.41) is 12.0. The predicted molar refractivity (Wildman–Crippen MR) is 179 cm³/mol. The number of thiol groups is 1. The number of ether oxygens (including phenoxy) is 4. The average molecular weight is 684 g/mol. The van der Waals surface area contributed by atoms with Crippen molar-refractivity contribution in [3.8, 4) is 17.4 Å². The second-order valence-electron chi connectivity index (χ2n) is 10.6. The molecule has 10 nitrogen and oxygen atoms in total. The first-order valence-corrected chi connectivity index (χ1v) is 18.5. The van der Waals surface area contributed by atoms with Crippen LogP contribution >= 0.6 is 18.4 Å². The molecule has 5 rings (SSSR count). The number of aromatic nitrogens is 2. The van der Waals surface area contributed by atoms with E-state index in [2.05, 4.69) is 17.2 Å². The first-order valence-electron chi connectivity index (χ1n) is 14.7. The topological polar surface area (TPSA) is 113 Å². The minimum atomic E-state index is -2.97. The number of hydrogen-bond acceptors (Lipinski definition) is 11. The van der Waals surface area contributed by atoms with E-state index in [9.17, 15) is 9.90 Å². The molecule has 13 heteroatoms. The molecule has 0 saturated carbocycles. The maximum Gasteiger partial charge on any atom is 0.349 e. The van der Waals surface area contributed by atoms with Gasteiger partial charge in [0.2, 0.25) is 6.12 Å². The molecule has 46 heavy (non-hydrogen) atoms. The Hall–Kier alpha value is -3.09. The van der Waals surface area contributed by atoms with Gasteiger partial charge in [0.15, 0.2) is 0 Å². The molecule has 0 N–H and O–H groups in total. The van der Waals surface area contributed by atoms with Crippen LogP contribution in [-0.4, -0.2) is 49.2 Å². The third-order valence-electron chi connectivity index (χ3n) is 7.78. The fraction of sp³-hybridized carbons (Fsp3) is 0.333. The summed E-state index contributed by atoms with van der Waals surface area (Å²) in [5.74, 6) is 0.815. The van der Waals surface area contributed by atoms with Crippen LogP contribution in [0.2, 0.25) is 0 Å². The van der Waals surface area contributed by atoms with Gasteiger partial charge < -0.3 is 36.3 Å². The lowest BCUT2D eigenvalue weighted by Gasteiger charge is -2.37. The zero-order chi connectivity index (χ0) is 32.9. The van der Waals surface area contributed by atoms with E-state index in [1.165, 1.54) is 10.8 Å². The molecule has 2 heterocycles. The summed E-state index contributed by atoms with van der Waals surface area (Å²) in [5.41, 5.74) is 1.03. The first kappa shape index (κ1) is 34.3. The lowest BCUT2D eigenvalue weighted by Crippen LogP contribution is -2.38. The van der Waals surface area contributed by atoms with Crippen LogP contribution in [0.15, 0.2) is 89.9 Å². The van der Waals surface area contributed by atoms with Crippen molar-refractivity contribution in [2.24, 2.45) is 0 Å². The number of benzene rings is 3. The van der Waals surface area contributed by atoms with E-state index in [4.69, 9.17) is 40.2 Å². The van der Waals surface area contributed by atoms with E-state index in [0.717, 1.165) is 16.7 Å². The van der Waals surface area contributed by atoms with Crippen molar-refractivity contribution < 1.29 is 33.1 Å². The van der Waals surface area contributed by atoms with Crippen LogP contribution in [0.3, 0.4) is 0 Å². The standard InChI is InChI=1S/C33H37N2O8PS2/c1-5-41-44(45,46)43-28-19-30(35-20-22(2)31(36)34-32(35)37)42-29(28)21-40-33(23-9-7-6-8-10-23,24-11-15-26(38-3)16-12-24)25-13-17-27(39-4)18-14-25/h6-18,20,28-30H,5,19,21H2,1-4H3,(H,45,46)(H,34,36,37)/p-1/t28-,29+,30+/m0/s1. The lowest BCUT2D eigenvalue weighted by molar-refractivity contribution is -0.276. The minimum absolute atomic E-state index is 0.0180. The Balaban J connectivity index is 1.58. The van der Waals surface area contributed by atoms with E-state index >= 15 is 0 Å². The highest BCUT2D eigenvalue weighted by Crippen LogP contribution is 2.65. The van der Waals surface area contributed by atoms with E-state index in [1.807, 2.05) is 85.8 Å². The largest absolute Gasteiger partial charge is 0.858 e. The SMILES string of the molecule is CCO[P+]([S-])(S)O[C@H]1C[C@H](n2cc(C)c([O-])nc2=O)O[C@@H]1COC(c1ccccc1)(c1ccc(OC)cc1)c1ccc(OC)cc1. The monoisotopic (exact) mass is 683 g/mol. The Bertz CT molecular complexity index is 1610. The first-order chi connectivity index (χ1) is 22.1. The molecule has 4 atom stereocenters. The van der Waals surface area contributed by atoms with Crippen LogP contribution in [0.4, 0.5) is 0 Å². The second kappa shape index (κ2) is 14.8. The quantitative estimate of drug-likeness (QED) is 0.0838. The number of hydrogen-bond donors (Lipinski definition) is 1. The van der Waals surface area contributed by atoms with Crippen molar-refractivity contribution in [1.82, 2.24) is 9.55 Å². The Morgan fingerprint density at radius 2 is 1.57 bits per heavy atom. The highest BCUT2D eigenvalue weighted by Gasteiger charge is 2.46. The van der Waals surface area contributed by atoms with Crippen LogP contribution in [0.25, 0.3) is 0 Å². The molecule has 0 aliphatic carbocycles. The molecule has 0 spiro atoms. The smallest absolute Gasteiger partial charge is 0.349 e. The summed E-state index contributed by atoms with van der Waals surface area (Å²) >= 11 is 10.1. The molecule has 1 aliphatic rings. The summed E-state index contributed by atoms with van der Waals surface area (Å²) in [4.78, 5) is 16.4. The van der Waals surface area contributed by atoms with Gasteiger partial charge in [-0.25, -0.2) is 18.8 Å². The summed E-state index contributed by atoms with van der Waals surface area (Å²) in [6, 6.07) is 25.2. The van der Waals surface area contributed by atoms with Gasteiger partial charge in [0.1, 0.15) is 35.5 Å². The van der Waals surface area contributed by atoms with Gasteiger partial charge in [0, 0.05) is 24.9 Å². The molecule has 1 unspecified atom stereocenters. The molecule has 0 radical (unpaired) electrons. The summed E-state index contributed by atoms with van der Waals surface area (Å²) in [6.07, 6.45) is -3.46. The molecule has 244 valence electrons. The molecule has 1 saturated heterocycles. The van der Waals surface area contributed by atoms with Gasteiger partial charge in [-0.3, -0.25) is 4.57 Å². The Kier molecular flexibility index (Phi) is 11.0. The van der Waals surface area contributed by atoms with Crippen LogP contribution in [0, 0.1) is 6.92 Å². The van der Waals surface area contributed by atoms with Crippen molar-refractivity contribution in [3.05, 3.63) is 118 Å². The molecule has 0 bridgehead atoms. The van der Waals surface area contributed by atoms with Crippen LogP contribution < -0.4 is 20.3 Å². The predicted octanol–water partition coefficient (Wildman–Crippen LogP) is 5.51. The third-order valence-corrected chi connectivity index (χ3v) is 10.1. The maximum atomic E-state index is 12.8. The molecule has 4 aromatic rings. The maximum absolute atomic E-state index is 12.8. The fourth-order valence-electron chi connectivity index (χ4n) is 5.54. The third kappa shape index (κ3) is 7.39. The highest BCUT2D eigenvalue weighted by atomic mass is 33.1. The van der Waals surface area contributed by atoms with Crippen LogP contribution in [0.1, 0.15) is 41.8 Å². The van der Waals surface area contributed by atoms with Crippen molar-refractivity contribution in [1.29, 1.82) is 0 Å². The van der Waals surface area contributed by atoms with Gasteiger partial charge in [0.05, 0.1) is 27.4 Å². The van der Waals surface area contributed by atoms with E-state index < -0.39 is 41.7 Å². The molecule has 1 aromatic heterocycles. The fourth-order valence-corrected chi connectivity index (χ4v) is 7.85. The lowest BCUT2D eigenvalue weighted by atomic mass is 9.80.